The fourth-order valence-electron chi connectivity index (χ4n) is 2.36. The van der Waals surface area contributed by atoms with Crippen LogP contribution in [0.4, 0.5) is 0 Å². The maximum absolute atomic E-state index is 11.6. The van der Waals surface area contributed by atoms with Gasteiger partial charge in [0.2, 0.25) is 0 Å². The van der Waals surface area contributed by atoms with Gasteiger partial charge in [0, 0.05) is 16.0 Å². The molecule has 0 atom stereocenters. The molecule has 1 N–H and O–H groups in total. The van der Waals surface area contributed by atoms with Crippen molar-refractivity contribution in [2.45, 2.75) is 0 Å². The second-order valence-electron chi connectivity index (χ2n) is 4.88. The number of pyridine rings is 1. The number of hydrogen-bond donors (Lipinski definition) is 1. The number of aromatic nitrogens is 1. The molecule has 1 heterocycles. The summed E-state index contributed by atoms with van der Waals surface area (Å²) in [5, 5.41) is 10.6. The van der Waals surface area contributed by atoms with Crippen molar-refractivity contribution < 1.29 is 14.6 Å². The van der Waals surface area contributed by atoms with Gasteiger partial charge in [0.15, 0.2) is 0 Å². The molecule has 0 bridgehead atoms. The van der Waals surface area contributed by atoms with Crippen LogP contribution in [-0.2, 0) is 0 Å². The van der Waals surface area contributed by atoms with E-state index in [1.807, 2.05) is 12.1 Å². The molecule has 0 unspecified atom stereocenters. The Morgan fingerprint density at radius 3 is 2.65 bits per heavy atom. The summed E-state index contributed by atoms with van der Waals surface area (Å²) in [6.07, 6.45) is 0. The topological polar surface area (TPSA) is 59.4 Å². The number of ether oxygens (including phenoxy) is 1. The summed E-state index contributed by atoms with van der Waals surface area (Å²) in [6.45, 7) is 0. The molecule has 3 aromatic rings. The zero-order chi connectivity index (χ0) is 16.6. The Balaban J connectivity index is 2.32. The average Bonchev–Trinajstić information content (AvgIpc) is 2.54. The van der Waals surface area contributed by atoms with Crippen molar-refractivity contribution in [3.63, 3.8) is 0 Å². The number of halogens is 2. The highest BCUT2D eigenvalue weighted by molar-refractivity contribution is 6.38. The number of nitrogens with zero attached hydrogens (tertiary/aromatic N) is 1. The molecule has 0 fully saturated rings. The van der Waals surface area contributed by atoms with Crippen LogP contribution in [0.15, 0.2) is 42.5 Å². The lowest BCUT2D eigenvalue weighted by molar-refractivity contribution is 0.0699. The summed E-state index contributed by atoms with van der Waals surface area (Å²) in [4.78, 5) is 16.1. The summed E-state index contributed by atoms with van der Waals surface area (Å²) in [5.41, 5.74) is 1.73. The number of carbonyl (C=O) groups is 1. The van der Waals surface area contributed by atoms with Gasteiger partial charge in [-0.2, -0.15) is 0 Å². The van der Waals surface area contributed by atoms with E-state index in [4.69, 9.17) is 27.9 Å². The fraction of sp³-hybridized carbons (Fsp3) is 0.0588. The van der Waals surface area contributed by atoms with Crippen molar-refractivity contribution >= 4 is 40.1 Å². The van der Waals surface area contributed by atoms with Crippen molar-refractivity contribution in [3.05, 3.63) is 58.1 Å². The molecule has 0 aliphatic rings. The molecule has 0 saturated carbocycles. The molecule has 0 spiro atoms. The lowest BCUT2D eigenvalue weighted by Gasteiger charge is -2.10. The molecule has 1 aromatic heterocycles. The van der Waals surface area contributed by atoms with Crippen LogP contribution in [0.1, 0.15) is 10.4 Å². The number of carboxylic acid groups (broad SMARTS) is 1. The molecular formula is C17H11Cl2NO3. The van der Waals surface area contributed by atoms with Gasteiger partial charge in [0.1, 0.15) is 5.75 Å². The Morgan fingerprint density at radius 2 is 1.96 bits per heavy atom. The minimum Gasteiger partial charge on any atom is -0.497 e. The van der Waals surface area contributed by atoms with E-state index in [2.05, 4.69) is 4.98 Å². The predicted octanol–water partition coefficient (Wildman–Crippen LogP) is 4.92. The van der Waals surface area contributed by atoms with Crippen LogP contribution < -0.4 is 4.74 Å². The fourth-order valence-corrected chi connectivity index (χ4v) is 2.90. The molecule has 0 amide bonds. The van der Waals surface area contributed by atoms with Crippen molar-refractivity contribution in [2.75, 3.05) is 7.11 Å². The first-order valence-electron chi connectivity index (χ1n) is 6.67. The third-order valence-electron chi connectivity index (χ3n) is 3.43. The van der Waals surface area contributed by atoms with Gasteiger partial charge >= 0.3 is 5.97 Å². The van der Waals surface area contributed by atoms with Crippen LogP contribution in [0.25, 0.3) is 22.2 Å². The van der Waals surface area contributed by atoms with E-state index in [9.17, 15) is 9.90 Å². The number of carboxylic acids is 1. The molecule has 6 heteroatoms. The Kier molecular flexibility index (Phi) is 4.11. The van der Waals surface area contributed by atoms with Gasteiger partial charge in [-0.15, -0.1) is 0 Å². The van der Waals surface area contributed by atoms with Crippen LogP contribution >= 0.6 is 23.2 Å². The maximum Gasteiger partial charge on any atom is 0.336 e. The van der Waals surface area contributed by atoms with Gasteiger partial charge in [-0.25, -0.2) is 9.78 Å². The third-order valence-corrected chi connectivity index (χ3v) is 3.93. The van der Waals surface area contributed by atoms with Gasteiger partial charge in [-0.05, 0) is 30.3 Å². The first-order chi connectivity index (χ1) is 11.0. The molecule has 4 nitrogen and oxygen atoms in total. The highest BCUT2D eigenvalue weighted by atomic mass is 35.5. The smallest absolute Gasteiger partial charge is 0.336 e. The number of methoxy groups -OCH3 is 1. The minimum atomic E-state index is -1.07. The van der Waals surface area contributed by atoms with Crippen molar-refractivity contribution in [3.8, 4) is 17.0 Å². The predicted molar refractivity (Wildman–Crippen MR) is 90.7 cm³/mol. The molecule has 0 saturated heterocycles. The summed E-state index contributed by atoms with van der Waals surface area (Å²) in [7, 11) is 1.56. The first-order valence-corrected chi connectivity index (χ1v) is 7.42. The quantitative estimate of drug-likeness (QED) is 0.730. The molecule has 2 aromatic carbocycles. The molecule has 3 rings (SSSR count). The molecule has 0 radical (unpaired) electrons. The molecule has 116 valence electrons. The molecule has 23 heavy (non-hydrogen) atoms. The van der Waals surface area contributed by atoms with Gasteiger partial charge in [0.25, 0.3) is 0 Å². The zero-order valence-corrected chi connectivity index (χ0v) is 13.5. The summed E-state index contributed by atoms with van der Waals surface area (Å²) >= 11 is 12.2. The van der Waals surface area contributed by atoms with E-state index in [1.54, 1.807) is 31.4 Å². The SMILES string of the molecule is COc1cccc(-c2cc(C(=O)O)c3cc(Cl)cc(Cl)c3n2)c1. The number of benzene rings is 2. The number of fused-ring (bicyclic) bond motifs is 1. The van der Waals surface area contributed by atoms with Crippen LogP contribution in [0.2, 0.25) is 10.0 Å². The minimum absolute atomic E-state index is 0.0946. The van der Waals surface area contributed by atoms with E-state index >= 15 is 0 Å². The van der Waals surface area contributed by atoms with Crippen LogP contribution in [0.5, 0.6) is 5.75 Å². The van der Waals surface area contributed by atoms with Gasteiger partial charge in [0.05, 0.1) is 28.9 Å². The summed E-state index contributed by atoms with van der Waals surface area (Å²) < 4.78 is 5.19. The van der Waals surface area contributed by atoms with Crippen LogP contribution in [0.3, 0.4) is 0 Å². The first kappa shape index (κ1) is 15.6. The van der Waals surface area contributed by atoms with Crippen LogP contribution in [-0.4, -0.2) is 23.2 Å². The second-order valence-corrected chi connectivity index (χ2v) is 5.72. The monoisotopic (exact) mass is 347 g/mol. The largest absolute Gasteiger partial charge is 0.497 e. The molecule has 0 aliphatic carbocycles. The lowest BCUT2D eigenvalue weighted by Crippen LogP contribution is -2.01. The standard InChI is InChI=1S/C17H11Cl2NO3/c1-23-11-4-2-3-9(5-11)15-8-13(17(21)22)12-6-10(18)7-14(19)16(12)20-15/h2-8H,1H3,(H,21,22). The molecular weight excluding hydrogens is 337 g/mol. The normalized spacial score (nSPS) is 10.7. The number of hydrogen-bond acceptors (Lipinski definition) is 3. The van der Waals surface area contributed by atoms with E-state index < -0.39 is 5.97 Å². The van der Waals surface area contributed by atoms with Crippen LogP contribution in [0, 0.1) is 0 Å². The number of rotatable bonds is 3. The highest BCUT2D eigenvalue weighted by Gasteiger charge is 2.16. The van der Waals surface area contributed by atoms with E-state index in [0.717, 1.165) is 5.56 Å². The van der Waals surface area contributed by atoms with Crippen molar-refractivity contribution in [2.24, 2.45) is 0 Å². The Bertz CT molecular complexity index is 925. The average molecular weight is 348 g/mol. The Morgan fingerprint density at radius 1 is 1.17 bits per heavy atom. The van der Waals surface area contributed by atoms with Crippen molar-refractivity contribution in [1.29, 1.82) is 0 Å². The van der Waals surface area contributed by atoms with Gasteiger partial charge < -0.3 is 9.84 Å². The second kappa shape index (κ2) is 6.07. The Labute approximate surface area is 142 Å². The number of aromatic carboxylic acids is 1. The van der Waals surface area contributed by atoms with E-state index in [-0.39, 0.29) is 5.56 Å². The van der Waals surface area contributed by atoms with Gasteiger partial charge in [-0.3, -0.25) is 0 Å². The van der Waals surface area contributed by atoms with Gasteiger partial charge in [-0.1, -0.05) is 35.3 Å². The zero-order valence-electron chi connectivity index (χ0n) is 12.0. The third kappa shape index (κ3) is 2.96. The summed E-state index contributed by atoms with van der Waals surface area (Å²) in [6, 6.07) is 11.8. The maximum atomic E-state index is 11.6. The van der Waals surface area contributed by atoms with E-state index in [0.29, 0.717) is 32.4 Å². The molecule has 0 aliphatic heterocycles. The van der Waals surface area contributed by atoms with Crippen molar-refractivity contribution in [1.82, 2.24) is 4.98 Å². The summed E-state index contributed by atoms with van der Waals surface area (Å²) in [5.74, 6) is -0.414. The Hall–Kier alpha value is -2.30. The van der Waals surface area contributed by atoms with E-state index in [1.165, 1.54) is 6.07 Å². The lowest BCUT2D eigenvalue weighted by atomic mass is 10.0. The highest BCUT2D eigenvalue weighted by Crippen LogP contribution is 2.32.